The van der Waals surface area contributed by atoms with Crippen molar-refractivity contribution in [3.8, 4) is 0 Å². The monoisotopic (exact) mass is 458 g/mol. The van der Waals surface area contributed by atoms with Crippen molar-refractivity contribution >= 4 is 21.7 Å². The molecule has 4 aliphatic rings. The van der Waals surface area contributed by atoms with Crippen LogP contribution in [0.25, 0.3) is 0 Å². The summed E-state index contributed by atoms with van der Waals surface area (Å²) >= 11 is 0. The summed E-state index contributed by atoms with van der Waals surface area (Å²) in [6.07, 6.45) is 5.04. The van der Waals surface area contributed by atoms with Gasteiger partial charge in [-0.05, 0) is 48.5 Å². The standard InChI is InChI=1S/C24H23FO6S/c1-23(2)15-10-11-24(23,19(27)12-15)13-32(28,29)31-22-20-17(26)4-3-5-18(20)30-21(22)14-6-8-16(25)9-7-14/h3-9,15,21H,10-13H2,1-2H3. The Morgan fingerprint density at radius 3 is 2.53 bits per heavy atom. The van der Waals surface area contributed by atoms with E-state index in [0.29, 0.717) is 18.4 Å². The summed E-state index contributed by atoms with van der Waals surface area (Å²) in [5.74, 6) is -1.17. The van der Waals surface area contributed by atoms with Gasteiger partial charge in [0.2, 0.25) is 0 Å². The van der Waals surface area contributed by atoms with Crippen LogP contribution in [0.5, 0.6) is 0 Å². The third-order valence-corrected chi connectivity index (χ3v) is 8.95. The van der Waals surface area contributed by atoms with Crippen molar-refractivity contribution in [2.45, 2.75) is 39.2 Å². The van der Waals surface area contributed by atoms with Crippen LogP contribution in [-0.2, 0) is 28.6 Å². The maximum atomic E-state index is 13.4. The fourth-order valence-electron chi connectivity index (χ4n) is 5.68. The van der Waals surface area contributed by atoms with Gasteiger partial charge in [-0.25, -0.2) is 4.39 Å². The number of fused-ring (bicyclic) bond motifs is 3. The van der Waals surface area contributed by atoms with Gasteiger partial charge < -0.3 is 8.92 Å². The van der Waals surface area contributed by atoms with Crippen molar-refractivity contribution in [2.75, 3.05) is 5.75 Å². The summed E-state index contributed by atoms with van der Waals surface area (Å²) in [5.41, 5.74) is -0.968. The fourth-order valence-corrected chi connectivity index (χ4v) is 7.47. The zero-order valence-corrected chi connectivity index (χ0v) is 18.6. The minimum atomic E-state index is -4.26. The van der Waals surface area contributed by atoms with E-state index in [1.54, 1.807) is 6.08 Å². The van der Waals surface area contributed by atoms with E-state index in [1.807, 2.05) is 13.8 Å². The van der Waals surface area contributed by atoms with Gasteiger partial charge in [-0.1, -0.05) is 32.1 Å². The quantitative estimate of drug-likeness (QED) is 0.622. The van der Waals surface area contributed by atoms with Crippen LogP contribution in [0.4, 0.5) is 4.39 Å². The predicted molar refractivity (Wildman–Crippen MR) is 113 cm³/mol. The molecule has 1 aliphatic heterocycles. The lowest BCUT2D eigenvalue weighted by Crippen LogP contribution is -2.42. The first kappa shape index (κ1) is 21.1. The molecule has 3 aliphatic carbocycles. The number of rotatable bonds is 5. The molecule has 3 unspecified atom stereocenters. The van der Waals surface area contributed by atoms with Crippen LogP contribution in [0.15, 0.2) is 59.6 Å². The van der Waals surface area contributed by atoms with E-state index >= 15 is 0 Å². The second-order valence-corrected chi connectivity index (χ2v) is 11.1. The number of halogens is 1. The summed E-state index contributed by atoms with van der Waals surface area (Å²) in [4.78, 5) is 25.4. The van der Waals surface area contributed by atoms with Crippen LogP contribution >= 0.6 is 0 Å². The Bertz CT molecular complexity index is 1220. The molecule has 0 amide bonds. The first-order chi connectivity index (χ1) is 15.0. The number of ether oxygens (including phenoxy) is 1. The van der Waals surface area contributed by atoms with E-state index in [0.717, 1.165) is 6.42 Å². The van der Waals surface area contributed by atoms with Crippen molar-refractivity contribution in [3.63, 3.8) is 0 Å². The molecular weight excluding hydrogens is 435 g/mol. The lowest BCUT2D eigenvalue weighted by molar-refractivity contribution is -0.128. The number of hydrogen-bond acceptors (Lipinski definition) is 6. The number of hydrogen-bond donors (Lipinski definition) is 0. The molecular formula is C24H23FO6S. The maximum Gasteiger partial charge on any atom is 0.310 e. The number of carbonyl (C=O) groups is 2. The summed E-state index contributed by atoms with van der Waals surface area (Å²) in [5, 5.41) is 0. The third-order valence-electron chi connectivity index (χ3n) is 7.67. The molecule has 8 heteroatoms. The van der Waals surface area contributed by atoms with Gasteiger partial charge in [0.15, 0.2) is 17.6 Å². The molecule has 6 nitrogen and oxygen atoms in total. The second kappa shape index (κ2) is 6.88. The van der Waals surface area contributed by atoms with E-state index < -0.39 is 44.4 Å². The maximum absolute atomic E-state index is 13.4. The van der Waals surface area contributed by atoms with Gasteiger partial charge in [-0.2, -0.15) is 8.42 Å². The first-order valence-electron chi connectivity index (χ1n) is 10.6. The molecule has 5 rings (SSSR count). The Labute approximate surface area is 185 Å². The zero-order valence-electron chi connectivity index (χ0n) is 17.8. The van der Waals surface area contributed by atoms with E-state index in [2.05, 4.69) is 0 Å². The normalized spacial score (nSPS) is 30.4. The molecule has 32 heavy (non-hydrogen) atoms. The van der Waals surface area contributed by atoms with Crippen LogP contribution < -0.4 is 0 Å². The molecule has 1 heterocycles. The molecule has 0 N–H and O–H groups in total. The van der Waals surface area contributed by atoms with Crippen molar-refractivity contribution in [2.24, 2.45) is 16.7 Å². The van der Waals surface area contributed by atoms with Gasteiger partial charge in [0.25, 0.3) is 0 Å². The van der Waals surface area contributed by atoms with Crippen molar-refractivity contribution < 1.29 is 31.3 Å². The molecule has 3 atom stereocenters. The Balaban J connectivity index is 1.52. The van der Waals surface area contributed by atoms with E-state index in [4.69, 9.17) is 8.92 Å². The number of carbonyl (C=O) groups excluding carboxylic acids is 2. The molecule has 2 bridgehead atoms. The highest BCUT2D eigenvalue weighted by atomic mass is 32.2. The van der Waals surface area contributed by atoms with Gasteiger partial charge >= 0.3 is 10.1 Å². The predicted octanol–water partition coefficient (Wildman–Crippen LogP) is 3.92. The Morgan fingerprint density at radius 2 is 1.91 bits per heavy atom. The molecule has 0 radical (unpaired) electrons. The number of allylic oxidation sites excluding steroid dienone is 4. The van der Waals surface area contributed by atoms with Crippen molar-refractivity contribution in [1.29, 1.82) is 0 Å². The van der Waals surface area contributed by atoms with Crippen LogP contribution in [0.2, 0.25) is 0 Å². The van der Waals surface area contributed by atoms with Crippen LogP contribution in [-0.4, -0.2) is 25.7 Å². The topological polar surface area (TPSA) is 86.7 Å². The average Bonchev–Trinajstić information content (AvgIpc) is 3.25. The fraction of sp³-hybridized carbons (Fsp3) is 0.417. The molecule has 0 aromatic heterocycles. The van der Waals surface area contributed by atoms with Gasteiger partial charge in [0.1, 0.15) is 22.9 Å². The lowest BCUT2D eigenvalue weighted by Gasteiger charge is -2.35. The SMILES string of the molecule is CC1(C)C2CCC1(CS(=O)(=O)OC1=C3C(=O)C=CC=C3OC1c1ccc(F)cc1)C(=O)C2. The average molecular weight is 459 g/mol. The highest BCUT2D eigenvalue weighted by molar-refractivity contribution is 7.86. The Hall–Kier alpha value is -2.74. The smallest absolute Gasteiger partial charge is 0.310 e. The lowest BCUT2D eigenvalue weighted by atomic mass is 9.70. The number of ketones is 2. The van der Waals surface area contributed by atoms with Gasteiger partial charge in [-0.15, -0.1) is 0 Å². The van der Waals surface area contributed by atoms with Crippen LogP contribution in [0.1, 0.15) is 44.8 Å². The summed E-state index contributed by atoms with van der Waals surface area (Å²) in [6, 6.07) is 5.36. The minimum Gasteiger partial charge on any atom is -0.477 e. The molecule has 168 valence electrons. The Kier molecular flexibility index (Phi) is 4.54. The van der Waals surface area contributed by atoms with Crippen molar-refractivity contribution in [3.05, 3.63) is 71.0 Å². The largest absolute Gasteiger partial charge is 0.477 e. The zero-order chi connectivity index (χ0) is 22.9. The number of Topliss-reactive ketones (excluding diaryl/α,β-unsaturated/α-hetero) is 1. The molecule has 0 spiro atoms. The number of benzene rings is 1. The summed E-state index contributed by atoms with van der Waals surface area (Å²) in [6.45, 7) is 3.90. The summed E-state index contributed by atoms with van der Waals surface area (Å²) in [7, 11) is -4.26. The van der Waals surface area contributed by atoms with Gasteiger partial charge in [0, 0.05) is 12.0 Å². The Morgan fingerprint density at radius 1 is 1.19 bits per heavy atom. The molecule has 1 aromatic carbocycles. The van der Waals surface area contributed by atoms with Crippen LogP contribution in [0.3, 0.4) is 0 Å². The van der Waals surface area contributed by atoms with Crippen LogP contribution in [0, 0.1) is 22.6 Å². The third kappa shape index (κ3) is 2.99. The summed E-state index contributed by atoms with van der Waals surface area (Å²) < 4.78 is 51.4. The molecule has 0 saturated heterocycles. The minimum absolute atomic E-state index is 0.0317. The molecule has 2 fully saturated rings. The molecule has 1 aromatic rings. The highest BCUT2D eigenvalue weighted by Crippen LogP contribution is 2.64. The van der Waals surface area contributed by atoms with E-state index in [9.17, 15) is 22.4 Å². The molecule has 2 saturated carbocycles. The van der Waals surface area contributed by atoms with Crippen molar-refractivity contribution in [1.82, 2.24) is 0 Å². The first-order valence-corrected chi connectivity index (χ1v) is 12.2. The second-order valence-electron chi connectivity index (χ2n) is 9.50. The highest BCUT2D eigenvalue weighted by Gasteiger charge is 2.65. The van der Waals surface area contributed by atoms with E-state index in [-0.39, 0.29) is 28.8 Å². The van der Waals surface area contributed by atoms with Gasteiger partial charge in [0.05, 0.1) is 11.2 Å². The van der Waals surface area contributed by atoms with E-state index in [1.165, 1.54) is 36.4 Å². The van der Waals surface area contributed by atoms with Gasteiger partial charge in [-0.3, -0.25) is 9.59 Å².